The van der Waals surface area contributed by atoms with Crippen molar-refractivity contribution in [2.24, 2.45) is 0 Å². The number of carbonyl (C=O) groups excluding carboxylic acids is 2. The number of carbonyl (C=O) groups is 2. The van der Waals surface area contributed by atoms with Gasteiger partial charge in [0, 0.05) is 21.2 Å². The highest BCUT2D eigenvalue weighted by Gasteiger charge is 2.15. The van der Waals surface area contributed by atoms with E-state index >= 15 is 0 Å². The van der Waals surface area contributed by atoms with Crippen molar-refractivity contribution in [1.29, 1.82) is 0 Å². The molecule has 0 bridgehead atoms. The van der Waals surface area contributed by atoms with Crippen LogP contribution in [0.25, 0.3) is 11.1 Å². The van der Waals surface area contributed by atoms with Gasteiger partial charge >= 0.3 is 6.09 Å². The Hall–Kier alpha value is -2.24. The smallest absolute Gasteiger partial charge is 0.407 e. The third kappa shape index (κ3) is 6.77. The highest BCUT2D eigenvalue weighted by atomic mass is 35.5. The minimum atomic E-state index is -0.560. The van der Waals surface area contributed by atoms with Crippen LogP contribution in [-0.4, -0.2) is 31.1 Å². The molecule has 0 saturated heterocycles. The standard InChI is InChI=1S/C20H21Cl2NO4/c1-20(2,3)27-19(25)23-6-7-26-16-9-13(12-24)8-14(10-16)17-5-4-15(21)11-18(17)22/h4-5,8-12H,6-7H2,1-3H3,(H,23,25). The van der Waals surface area contributed by atoms with Gasteiger partial charge in [-0.05, 0) is 56.7 Å². The topological polar surface area (TPSA) is 64.6 Å². The molecule has 0 saturated carbocycles. The van der Waals surface area contributed by atoms with Gasteiger partial charge in [-0.3, -0.25) is 4.79 Å². The number of halogens is 2. The summed E-state index contributed by atoms with van der Waals surface area (Å²) < 4.78 is 10.8. The van der Waals surface area contributed by atoms with Gasteiger partial charge in [-0.25, -0.2) is 4.79 Å². The van der Waals surface area contributed by atoms with E-state index in [0.29, 0.717) is 21.4 Å². The largest absolute Gasteiger partial charge is 0.492 e. The number of benzene rings is 2. The molecular weight excluding hydrogens is 389 g/mol. The lowest BCUT2D eigenvalue weighted by Crippen LogP contribution is -2.34. The van der Waals surface area contributed by atoms with Gasteiger partial charge in [0.2, 0.25) is 0 Å². The summed E-state index contributed by atoms with van der Waals surface area (Å²) in [5.74, 6) is 0.492. The first-order chi connectivity index (χ1) is 12.7. The molecule has 1 amide bonds. The maximum Gasteiger partial charge on any atom is 0.407 e. The average Bonchev–Trinajstić information content (AvgIpc) is 2.57. The first-order valence-electron chi connectivity index (χ1n) is 8.33. The van der Waals surface area contributed by atoms with Crippen molar-refractivity contribution < 1.29 is 19.1 Å². The van der Waals surface area contributed by atoms with E-state index in [4.69, 9.17) is 32.7 Å². The Labute approximate surface area is 168 Å². The molecule has 0 aromatic heterocycles. The number of ether oxygens (including phenoxy) is 2. The van der Waals surface area contributed by atoms with Gasteiger partial charge in [-0.2, -0.15) is 0 Å². The summed E-state index contributed by atoms with van der Waals surface area (Å²) in [4.78, 5) is 22.9. The Morgan fingerprint density at radius 3 is 2.52 bits per heavy atom. The minimum Gasteiger partial charge on any atom is -0.492 e. The number of rotatable bonds is 6. The molecule has 27 heavy (non-hydrogen) atoms. The quantitative estimate of drug-likeness (QED) is 0.513. The zero-order valence-electron chi connectivity index (χ0n) is 15.3. The maximum atomic E-state index is 11.6. The Morgan fingerprint density at radius 2 is 1.89 bits per heavy atom. The van der Waals surface area contributed by atoms with Crippen molar-refractivity contribution in [2.45, 2.75) is 26.4 Å². The number of aldehydes is 1. The van der Waals surface area contributed by atoms with Gasteiger partial charge in [-0.15, -0.1) is 0 Å². The molecule has 0 atom stereocenters. The van der Waals surface area contributed by atoms with Crippen molar-refractivity contribution in [3.05, 3.63) is 52.0 Å². The Balaban J connectivity index is 2.05. The molecule has 0 heterocycles. The van der Waals surface area contributed by atoms with E-state index in [1.54, 1.807) is 57.2 Å². The van der Waals surface area contributed by atoms with Crippen molar-refractivity contribution in [2.75, 3.05) is 13.2 Å². The van der Waals surface area contributed by atoms with Crippen LogP contribution in [0.3, 0.4) is 0 Å². The molecule has 0 aliphatic carbocycles. The third-order valence-electron chi connectivity index (χ3n) is 3.35. The second-order valence-electron chi connectivity index (χ2n) is 6.81. The summed E-state index contributed by atoms with van der Waals surface area (Å²) >= 11 is 12.2. The molecule has 144 valence electrons. The molecule has 2 rings (SSSR count). The molecule has 0 radical (unpaired) electrons. The first kappa shape index (κ1) is 21.1. The molecule has 7 heteroatoms. The van der Waals surface area contributed by atoms with Crippen LogP contribution >= 0.6 is 23.2 Å². The summed E-state index contributed by atoms with van der Waals surface area (Å²) in [5.41, 5.74) is 1.36. The first-order valence-corrected chi connectivity index (χ1v) is 9.09. The fraction of sp³-hybridized carbons (Fsp3) is 0.300. The molecule has 1 N–H and O–H groups in total. The predicted octanol–water partition coefficient (Wildman–Crippen LogP) is 5.38. The molecule has 0 unspecified atom stereocenters. The zero-order chi connectivity index (χ0) is 20.0. The van der Waals surface area contributed by atoms with E-state index in [2.05, 4.69) is 5.32 Å². The van der Waals surface area contributed by atoms with Gasteiger partial charge in [0.1, 0.15) is 24.2 Å². The average molecular weight is 410 g/mol. The monoisotopic (exact) mass is 409 g/mol. The van der Waals surface area contributed by atoms with Gasteiger partial charge in [0.25, 0.3) is 0 Å². The van der Waals surface area contributed by atoms with Crippen LogP contribution in [0.5, 0.6) is 5.75 Å². The second-order valence-corrected chi connectivity index (χ2v) is 7.65. The van der Waals surface area contributed by atoms with Crippen molar-refractivity contribution >= 4 is 35.6 Å². The van der Waals surface area contributed by atoms with Gasteiger partial charge in [0.05, 0.1) is 6.54 Å². The lowest BCUT2D eigenvalue weighted by Gasteiger charge is -2.19. The van der Waals surface area contributed by atoms with Crippen LogP contribution < -0.4 is 10.1 Å². The lowest BCUT2D eigenvalue weighted by molar-refractivity contribution is 0.0520. The van der Waals surface area contributed by atoms with Crippen molar-refractivity contribution in [1.82, 2.24) is 5.32 Å². The fourth-order valence-electron chi connectivity index (χ4n) is 2.29. The molecule has 0 spiro atoms. The zero-order valence-corrected chi connectivity index (χ0v) is 16.9. The second kappa shape index (κ2) is 9.11. The SMILES string of the molecule is CC(C)(C)OC(=O)NCCOc1cc(C=O)cc(-c2ccc(Cl)cc2Cl)c1. The lowest BCUT2D eigenvalue weighted by atomic mass is 10.0. The summed E-state index contributed by atoms with van der Waals surface area (Å²) in [6.07, 6.45) is 0.223. The summed E-state index contributed by atoms with van der Waals surface area (Å²) in [7, 11) is 0. The van der Waals surface area contributed by atoms with Crippen LogP contribution in [0.15, 0.2) is 36.4 Å². The molecule has 0 fully saturated rings. The molecule has 0 aliphatic rings. The number of hydrogen-bond acceptors (Lipinski definition) is 4. The molecule has 2 aromatic rings. The van der Waals surface area contributed by atoms with E-state index in [1.165, 1.54) is 0 Å². The summed E-state index contributed by atoms with van der Waals surface area (Å²) in [6.45, 7) is 5.85. The molecule has 0 aliphatic heterocycles. The van der Waals surface area contributed by atoms with Crippen molar-refractivity contribution in [3.8, 4) is 16.9 Å². The Morgan fingerprint density at radius 1 is 1.15 bits per heavy atom. The maximum absolute atomic E-state index is 11.6. The number of hydrogen-bond donors (Lipinski definition) is 1. The number of nitrogens with one attached hydrogen (secondary N) is 1. The predicted molar refractivity (Wildman–Crippen MR) is 107 cm³/mol. The molecule has 5 nitrogen and oxygen atoms in total. The normalized spacial score (nSPS) is 11.0. The molecular formula is C20H21Cl2NO4. The number of alkyl carbamates (subject to hydrolysis) is 1. The Kier molecular flexibility index (Phi) is 7.11. The van der Waals surface area contributed by atoms with Crippen molar-refractivity contribution in [3.63, 3.8) is 0 Å². The van der Waals surface area contributed by atoms with E-state index in [1.807, 2.05) is 0 Å². The highest BCUT2D eigenvalue weighted by Crippen LogP contribution is 2.33. The summed E-state index contributed by atoms with van der Waals surface area (Å²) in [6, 6.07) is 10.2. The fourth-order valence-corrected chi connectivity index (χ4v) is 2.81. The highest BCUT2D eigenvalue weighted by molar-refractivity contribution is 6.36. The van der Waals surface area contributed by atoms with E-state index in [9.17, 15) is 9.59 Å². The van der Waals surface area contributed by atoms with E-state index in [0.717, 1.165) is 17.4 Å². The van der Waals surface area contributed by atoms with Crippen LogP contribution in [0.1, 0.15) is 31.1 Å². The van der Waals surface area contributed by atoms with Gasteiger partial charge in [-0.1, -0.05) is 29.3 Å². The van der Waals surface area contributed by atoms with E-state index < -0.39 is 11.7 Å². The van der Waals surface area contributed by atoms with E-state index in [-0.39, 0.29) is 13.2 Å². The van der Waals surface area contributed by atoms with Crippen LogP contribution in [0.2, 0.25) is 10.0 Å². The molecule has 2 aromatic carbocycles. The Bertz CT molecular complexity index is 831. The minimum absolute atomic E-state index is 0.218. The van der Waals surface area contributed by atoms with Crippen LogP contribution in [-0.2, 0) is 4.74 Å². The van der Waals surface area contributed by atoms with Gasteiger partial charge in [0.15, 0.2) is 0 Å². The summed E-state index contributed by atoms with van der Waals surface area (Å²) in [5, 5.41) is 3.61. The third-order valence-corrected chi connectivity index (χ3v) is 3.89. The van der Waals surface area contributed by atoms with Gasteiger partial charge < -0.3 is 14.8 Å². The van der Waals surface area contributed by atoms with Crippen LogP contribution in [0, 0.1) is 0 Å². The van der Waals surface area contributed by atoms with Crippen LogP contribution in [0.4, 0.5) is 4.79 Å². The number of amides is 1.